The van der Waals surface area contributed by atoms with Gasteiger partial charge in [0, 0.05) is 67.2 Å². The largest absolute Gasteiger partial charge is 0.384 e. The average Bonchev–Trinajstić information content (AvgIpc) is 3.18. The van der Waals surface area contributed by atoms with Gasteiger partial charge in [0.1, 0.15) is 11.6 Å². The summed E-state index contributed by atoms with van der Waals surface area (Å²) in [7, 11) is 0. The average molecular weight is 405 g/mol. The van der Waals surface area contributed by atoms with Gasteiger partial charge in [-0.3, -0.25) is 9.78 Å². The van der Waals surface area contributed by atoms with E-state index in [1.54, 1.807) is 18.5 Å². The predicted octanol–water partition coefficient (Wildman–Crippen LogP) is 3.27. The predicted molar refractivity (Wildman–Crippen MR) is 117 cm³/mol. The molecule has 1 aliphatic rings. The van der Waals surface area contributed by atoms with Crippen LogP contribution in [0.1, 0.15) is 37.2 Å². The first kappa shape index (κ1) is 20.1. The standard InChI is InChI=1S/C23H28N6O/c1-16(15-29-12-9-25-17(29)2)23(30)28-10-7-18(8-11-28)21-5-3-19(13-26-21)20-4-6-22(24)27-14-20/h3-6,9,12-14,16,18H,7-8,10-11,15H2,1-2H3,(H2,24,27). The van der Waals surface area contributed by atoms with Gasteiger partial charge in [0.15, 0.2) is 0 Å². The highest BCUT2D eigenvalue weighted by atomic mass is 16.2. The minimum absolute atomic E-state index is 0.0552. The fraction of sp³-hybridized carbons (Fsp3) is 0.391. The molecule has 156 valence electrons. The number of aromatic nitrogens is 4. The molecule has 1 atom stereocenters. The van der Waals surface area contributed by atoms with Crippen LogP contribution in [-0.4, -0.2) is 43.4 Å². The SMILES string of the molecule is Cc1nccn1CC(C)C(=O)N1CCC(c2ccc(-c3ccc(N)nc3)cn2)CC1. The molecule has 7 heteroatoms. The van der Waals surface area contributed by atoms with Crippen LogP contribution in [-0.2, 0) is 11.3 Å². The van der Waals surface area contributed by atoms with Crippen LogP contribution in [0.3, 0.4) is 0 Å². The van der Waals surface area contributed by atoms with Gasteiger partial charge in [-0.1, -0.05) is 13.0 Å². The number of imidazole rings is 1. The number of hydrogen-bond donors (Lipinski definition) is 1. The number of carbonyl (C=O) groups excluding carboxylic acids is 1. The van der Waals surface area contributed by atoms with Crippen LogP contribution >= 0.6 is 0 Å². The molecular formula is C23H28N6O. The molecule has 0 saturated carbocycles. The van der Waals surface area contributed by atoms with Crippen LogP contribution in [0.5, 0.6) is 0 Å². The summed E-state index contributed by atoms with van der Waals surface area (Å²) in [6, 6.07) is 7.93. The first-order valence-corrected chi connectivity index (χ1v) is 10.5. The zero-order valence-electron chi connectivity index (χ0n) is 17.5. The molecule has 1 fully saturated rings. The number of nitrogens with zero attached hydrogens (tertiary/aromatic N) is 5. The van der Waals surface area contributed by atoms with E-state index in [-0.39, 0.29) is 11.8 Å². The molecule has 0 aromatic carbocycles. The summed E-state index contributed by atoms with van der Waals surface area (Å²) >= 11 is 0. The summed E-state index contributed by atoms with van der Waals surface area (Å²) in [5.41, 5.74) is 8.79. The first-order valence-electron chi connectivity index (χ1n) is 10.5. The van der Waals surface area contributed by atoms with E-state index in [9.17, 15) is 4.79 Å². The highest BCUT2D eigenvalue weighted by Crippen LogP contribution is 2.29. The number of anilines is 1. The molecule has 0 spiro atoms. The Balaban J connectivity index is 1.33. The van der Waals surface area contributed by atoms with Gasteiger partial charge in [-0.15, -0.1) is 0 Å². The van der Waals surface area contributed by atoms with Crippen molar-refractivity contribution < 1.29 is 4.79 Å². The van der Waals surface area contributed by atoms with E-state index in [1.807, 2.05) is 41.8 Å². The number of aryl methyl sites for hydroxylation is 1. The minimum atomic E-state index is -0.0552. The molecule has 7 nitrogen and oxygen atoms in total. The zero-order chi connectivity index (χ0) is 21.1. The number of pyridine rings is 2. The van der Waals surface area contributed by atoms with Crippen LogP contribution in [0.4, 0.5) is 5.82 Å². The van der Waals surface area contributed by atoms with Crippen LogP contribution in [0, 0.1) is 12.8 Å². The fourth-order valence-electron chi connectivity index (χ4n) is 4.07. The lowest BCUT2D eigenvalue weighted by Crippen LogP contribution is -2.41. The maximum atomic E-state index is 12.9. The summed E-state index contributed by atoms with van der Waals surface area (Å²) < 4.78 is 2.04. The Morgan fingerprint density at radius 3 is 2.37 bits per heavy atom. The van der Waals surface area contributed by atoms with E-state index in [1.165, 1.54) is 0 Å². The lowest BCUT2D eigenvalue weighted by Gasteiger charge is -2.33. The van der Waals surface area contributed by atoms with Gasteiger partial charge in [-0.05, 0) is 38.0 Å². The maximum Gasteiger partial charge on any atom is 0.227 e. The van der Waals surface area contributed by atoms with Crippen molar-refractivity contribution in [1.82, 2.24) is 24.4 Å². The molecule has 1 aliphatic heterocycles. The second-order valence-electron chi connectivity index (χ2n) is 8.07. The van der Waals surface area contributed by atoms with Gasteiger partial charge in [0.05, 0.1) is 5.92 Å². The van der Waals surface area contributed by atoms with Gasteiger partial charge in [-0.25, -0.2) is 9.97 Å². The Morgan fingerprint density at radius 2 is 1.80 bits per heavy atom. The third-order valence-electron chi connectivity index (χ3n) is 5.95. The van der Waals surface area contributed by atoms with Gasteiger partial charge < -0.3 is 15.2 Å². The number of carbonyl (C=O) groups is 1. The van der Waals surface area contributed by atoms with Crippen molar-refractivity contribution in [2.24, 2.45) is 5.92 Å². The number of rotatable bonds is 5. The van der Waals surface area contributed by atoms with Crippen molar-refractivity contribution in [3.8, 4) is 11.1 Å². The monoisotopic (exact) mass is 404 g/mol. The normalized spacial score (nSPS) is 15.9. The van der Waals surface area contributed by atoms with Crippen molar-refractivity contribution in [2.45, 2.75) is 39.2 Å². The molecule has 3 aromatic heterocycles. The molecule has 0 aliphatic carbocycles. The third-order valence-corrected chi connectivity index (χ3v) is 5.95. The van der Waals surface area contributed by atoms with Gasteiger partial charge in [-0.2, -0.15) is 0 Å². The number of likely N-dealkylation sites (tertiary alicyclic amines) is 1. The minimum Gasteiger partial charge on any atom is -0.384 e. The van der Waals surface area contributed by atoms with Crippen molar-refractivity contribution in [3.05, 3.63) is 60.6 Å². The number of nitrogens with two attached hydrogens (primary N) is 1. The van der Waals surface area contributed by atoms with E-state index in [0.29, 0.717) is 18.3 Å². The van der Waals surface area contributed by atoms with Crippen LogP contribution in [0.25, 0.3) is 11.1 Å². The molecule has 1 saturated heterocycles. The molecule has 0 radical (unpaired) electrons. The summed E-state index contributed by atoms with van der Waals surface area (Å²) in [6.07, 6.45) is 9.26. The second kappa shape index (κ2) is 8.65. The summed E-state index contributed by atoms with van der Waals surface area (Å²) in [6.45, 7) is 6.20. The molecule has 4 rings (SSSR count). The quantitative estimate of drug-likeness (QED) is 0.705. The number of hydrogen-bond acceptors (Lipinski definition) is 5. The molecule has 30 heavy (non-hydrogen) atoms. The van der Waals surface area contributed by atoms with Crippen molar-refractivity contribution >= 4 is 11.7 Å². The topological polar surface area (TPSA) is 89.9 Å². The van der Waals surface area contributed by atoms with E-state index in [2.05, 4.69) is 22.1 Å². The molecule has 1 amide bonds. The molecule has 4 heterocycles. The van der Waals surface area contributed by atoms with E-state index >= 15 is 0 Å². The smallest absolute Gasteiger partial charge is 0.227 e. The molecule has 0 bridgehead atoms. The Bertz CT molecular complexity index is 987. The van der Waals surface area contributed by atoms with Gasteiger partial charge in [0.2, 0.25) is 5.91 Å². The van der Waals surface area contributed by atoms with Gasteiger partial charge in [0.25, 0.3) is 0 Å². The first-order chi connectivity index (χ1) is 14.5. The van der Waals surface area contributed by atoms with E-state index < -0.39 is 0 Å². The number of amides is 1. The number of nitrogen functional groups attached to an aromatic ring is 1. The van der Waals surface area contributed by atoms with Crippen LogP contribution in [0.2, 0.25) is 0 Å². The van der Waals surface area contributed by atoms with Crippen molar-refractivity contribution in [2.75, 3.05) is 18.8 Å². The molecule has 1 unspecified atom stereocenters. The van der Waals surface area contributed by atoms with Gasteiger partial charge >= 0.3 is 0 Å². The highest BCUT2D eigenvalue weighted by Gasteiger charge is 2.27. The molecule has 3 aromatic rings. The molecule has 2 N–H and O–H groups in total. The van der Waals surface area contributed by atoms with Crippen molar-refractivity contribution in [1.29, 1.82) is 0 Å². The maximum absolute atomic E-state index is 12.9. The fourth-order valence-corrected chi connectivity index (χ4v) is 4.07. The second-order valence-corrected chi connectivity index (χ2v) is 8.07. The zero-order valence-corrected chi connectivity index (χ0v) is 17.5. The summed E-state index contributed by atoms with van der Waals surface area (Å²) in [4.78, 5) is 27.9. The van der Waals surface area contributed by atoms with E-state index in [4.69, 9.17) is 10.7 Å². The third kappa shape index (κ3) is 4.35. The van der Waals surface area contributed by atoms with Crippen molar-refractivity contribution in [3.63, 3.8) is 0 Å². The Hall–Kier alpha value is -3.22. The lowest BCUT2D eigenvalue weighted by atomic mass is 9.92. The van der Waals surface area contributed by atoms with Crippen LogP contribution in [0.15, 0.2) is 49.1 Å². The Labute approximate surface area is 177 Å². The lowest BCUT2D eigenvalue weighted by molar-refractivity contribution is -0.136. The highest BCUT2D eigenvalue weighted by molar-refractivity contribution is 5.78. The van der Waals surface area contributed by atoms with Crippen LogP contribution < -0.4 is 5.73 Å². The Morgan fingerprint density at radius 1 is 1.10 bits per heavy atom. The molecular weight excluding hydrogens is 376 g/mol. The van der Waals surface area contributed by atoms with E-state index in [0.717, 1.165) is 48.6 Å². The summed E-state index contributed by atoms with van der Waals surface area (Å²) in [5.74, 6) is 2.01. The number of piperidine rings is 1. The Kier molecular flexibility index (Phi) is 5.79. The summed E-state index contributed by atoms with van der Waals surface area (Å²) in [5, 5.41) is 0.